The zero-order chi connectivity index (χ0) is 33.0. The summed E-state index contributed by atoms with van der Waals surface area (Å²) in [7, 11) is 0. The van der Waals surface area contributed by atoms with E-state index in [1.807, 2.05) is 63.4 Å². The molecule has 4 N–H and O–H groups in total. The topological polar surface area (TPSA) is 140 Å². The zero-order valence-electron chi connectivity index (χ0n) is 25.6. The highest BCUT2D eigenvalue weighted by Crippen LogP contribution is 2.27. The van der Waals surface area contributed by atoms with Gasteiger partial charge in [-0.1, -0.05) is 38.0 Å². The van der Waals surface area contributed by atoms with Crippen LogP contribution in [0.3, 0.4) is 0 Å². The number of rotatable bonds is 14. The number of amidine groups is 1. The molecule has 0 radical (unpaired) electrons. The first-order valence-electron chi connectivity index (χ1n) is 14.9. The van der Waals surface area contributed by atoms with E-state index in [-0.39, 0.29) is 18.4 Å². The third-order valence-electron chi connectivity index (χ3n) is 7.27. The summed E-state index contributed by atoms with van der Waals surface area (Å²) < 4.78 is 37.2. The molecule has 0 saturated heterocycles. The number of carboxylic acids is 1. The van der Waals surface area contributed by atoms with Gasteiger partial charge in [-0.15, -0.1) is 0 Å². The average molecular weight is 629 g/mol. The summed E-state index contributed by atoms with van der Waals surface area (Å²) >= 11 is 0. The van der Waals surface area contributed by atoms with Crippen LogP contribution >= 0.6 is 0 Å². The molecule has 0 spiro atoms. The van der Waals surface area contributed by atoms with Crippen molar-refractivity contribution in [1.29, 1.82) is 0 Å². The van der Waals surface area contributed by atoms with Crippen LogP contribution < -0.4 is 20.5 Å². The lowest BCUT2D eigenvalue weighted by atomic mass is 10.0. The molecule has 45 heavy (non-hydrogen) atoms. The van der Waals surface area contributed by atoms with E-state index in [4.69, 9.17) is 19.6 Å². The third kappa shape index (κ3) is 10.6. The molecule has 3 aromatic rings. The molecule has 12 heteroatoms. The molecule has 9 nitrogen and oxygen atoms in total. The summed E-state index contributed by atoms with van der Waals surface area (Å²) in [6.45, 7) is 6.47. The Morgan fingerprint density at radius 2 is 1.78 bits per heavy atom. The van der Waals surface area contributed by atoms with Crippen molar-refractivity contribution >= 4 is 40.1 Å². The normalized spacial score (nSPS) is 13.4. The lowest BCUT2D eigenvalue weighted by Gasteiger charge is -2.17. The lowest BCUT2D eigenvalue weighted by Crippen LogP contribution is -2.87. The van der Waals surface area contributed by atoms with E-state index < -0.39 is 12.1 Å². The number of aromatic nitrogens is 1. The maximum Gasteiger partial charge on any atom is 0.430 e. The minimum Gasteiger partial charge on any atom is -0.542 e. The van der Waals surface area contributed by atoms with Gasteiger partial charge >= 0.3 is 6.18 Å². The second-order valence-corrected chi connectivity index (χ2v) is 10.6. The van der Waals surface area contributed by atoms with Gasteiger partial charge in [-0.25, -0.2) is 4.99 Å². The van der Waals surface area contributed by atoms with Crippen LogP contribution in [0.1, 0.15) is 69.2 Å². The number of carboxylic acid groups (broad SMARTS) is 1. The van der Waals surface area contributed by atoms with Crippen molar-refractivity contribution < 1.29 is 42.7 Å². The number of nitrogens with one attached hydrogen (secondary N) is 2. The van der Waals surface area contributed by atoms with Crippen molar-refractivity contribution in [2.75, 3.05) is 6.61 Å². The van der Waals surface area contributed by atoms with Gasteiger partial charge in [-0.3, -0.25) is 14.9 Å². The molecule has 1 amide bonds. The average Bonchev–Trinajstić information content (AvgIpc) is 3.61. The molecule has 0 fully saturated rings. The molecule has 242 valence electrons. The van der Waals surface area contributed by atoms with Crippen LogP contribution in [0.15, 0.2) is 59.7 Å². The van der Waals surface area contributed by atoms with Crippen molar-refractivity contribution in [3.63, 3.8) is 0 Å². The Hall–Kier alpha value is -4.45. The van der Waals surface area contributed by atoms with E-state index in [2.05, 4.69) is 27.8 Å². The summed E-state index contributed by atoms with van der Waals surface area (Å²) in [4.78, 5) is 41.9. The van der Waals surface area contributed by atoms with Gasteiger partial charge in [0, 0.05) is 35.0 Å². The Kier molecular flexibility index (Phi) is 12.9. The number of halogens is 3. The van der Waals surface area contributed by atoms with Crippen molar-refractivity contribution in [1.82, 2.24) is 10.3 Å². The number of aromatic amines is 1. The number of carbonyl (C=O) groups excluding carboxylic acids is 3. The van der Waals surface area contributed by atoms with E-state index in [1.165, 1.54) is 0 Å². The van der Waals surface area contributed by atoms with E-state index in [0.717, 1.165) is 70.7 Å². The van der Waals surface area contributed by atoms with E-state index in [9.17, 15) is 22.8 Å². The monoisotopic (exact) mass is 628 g/mol. The second kappa shape index (κ2) is 16.6. The highest BCUT2D eigenvalue weighted by molar-refractivity contribution is 5.94. The number of amides is 1. The van der Waals surface area contributed by atoms with E-state index in [0.29, 0.717) is 25.2 Å². The number of hydrogen-bond donors (Lipinski definition) is 3. The lowest BCUT2D eigenvalue weighted by molar-refractivity contribution is -0.434. The summed E-state index contributed by atoms with van der Waals surface area (Å²) in [5, 5.41) is 15.1. The van der Waals surface area contributed by atoms with Crippen molar-refractivity contribution in [3.05, 3.63) is 71.6 Å². The number of nitrogens with zero attached hydrogens (tertiary/aromatic N) is 1. The standard InChI is InChI=1S/C31H38N4O3.C2HF3O2/c1-4-23(36)14-10-7-11-15-28(31-32-20-29(35-31)22-12-8-6-9-13-22)34-30(37)19-25-21(3)33-27-17-16-24(38-5-2)18-26(25)27;3-2(4,5)1(6)7/h6,8-9,12-13,16-18,20,28,33H,4-5,7,10-11,14-15,19H2,1-3H3,(H,32,35)(H,34,37);(H,6,7)/t28-;/m0./s1. The number of nitrogens with two attached hydrogens (primary N) is 1. The molecule has 1 aliphatic heterocycles. The minimum atomic E-state index is -5.19. The number of aliphatic imine (C=N–C) groups is 1. The fourth-order valence-electron chi connectivity index (χ4n) is 4.93. The Morgan fingerprint density at radius 3 is 2.42 bits per heavy atom. The fraction of sp³-hybridized carbons (Fsp3) is 0.394. The molecule has 2 heterocycles. The molecule has 4 rings (SSSR count). The molecule has 1 atom stereocenters. The number of ether oxygens (including phenoxy) is 1. The Morgan fingerprint density at radius 1 is 1.07 bits per heavy atom. The number of carbonyl (C=O) groups is 3. The highest BCUT2D eigenvalue weighted by atomic mass is 19.4. The van der Waals surface area contributed by atoms with Crippen LogP contribution in [0, 0.1) is 6.92 Å². The molecule has 1 aliphatic rings. The van der Waals surface area contributed by atoms with E-state index in [1.54, 1.807) is 0 Å². The van der Waals surface area contributed by atoms with E-state index >= 15 is 0 Å². The second-order valence-electron chi connectivity index (χ2n) is 10.6. The van der Waals surface area contributed by atoms with Crippen molar-refractivity contribution in [2.45, 2.75) is 77.9 Å². The van der Waals surface area contributed by atoms with Gasteiger partial charge in [-0.05, 0) is 62.6 Å². The van der Waals surface area contributed by atoms with Crippen molar-refractivity contribution in [3.8, 4) is 5.75 Å². The number of benzene rings is 2. The van der Waals surface area contributed by atoms with Crippen LogP contribution in [0.5, 0.6) is 5.75 Å². The number of H-pyrrole nitrogens is 1. The SMILES string of the molecule is CCOc1ccc2[nH]c(C)c(CC(=O)N[C@@H](CCCCCC(=O)CC)C3=NC=C(c4ccccc4)[NH2+]3)c2c1.O=C([O-])C(F)(F)F. The Bertz CT molecular complexity index is 1530. The Balaban J connectivity index is 0.000000707. The molecule has 1 aromatic heterocycles. The maximum atomic E-state index is 13.4. The molecule has 0 saturated carbocycles. The number of Topliss-reactive ketones (excluding diaryl/α,β-unsaturated/α-hetero) is 1. The summed E-state index contributed by atoms with van der Waals surface area (Å²) in [6, 6.07) is 15.9. The molecule has 0 aliphatic carbocycles. The minimum absolute atomic E-state index is 0.0359. The number of aryl methyl sites for hydroxylation is 1. The largest absolute Gasteiger partial charge is 0.542 e. The van der Waals surface area contributed by atoms with Gasteiger partial charge in [0.25, 0.3) is 0 Å². The molecule has 0 unspecified atom stereocenters. The predicted octanol–water partition coefficient (Wildman–Crippen LogP) is 4.10. The van der Waals surface area contributed by atoms with Crippen LogP contribution in [-0.2, 0) is 20.8 Å². The van der Waals surface area contributed by atoms with Crippen molar-refractivity contribution in [2.24, 2.45) is 4.99 Å². The quantitative estimate of drug-likeness (QED) is 0.231. The number of fused-ring (bicyclic) bond motifs is 1. The van der Waals surface area contributed by atoms with Gasteiger partial charge in [0.15, 0.2) is 5.70 Å². The van der Waals surface area contributed by atoms with Crippen LogP contribution in [0.2, 0.25) is 0 Å². The molecular weight excluding hydrogens is 589 g/mol. The van der Waals surface area contributed by atoms with Gasteiger partial charge in [0.2, 0.25) is 11.7 Å². The summed E-state index contributed by atoms with van der Waals surface area (Å²) in [5.41, 5.74) is 5.12. The zero-order valence-corrected chi connectivity index (χ0v) is 25.6. The first-order valence-corrected chi connectivity index (χ1v) is 14.9. The Labute approximate surface area is 260 Å². The van der Waals surface area contributed by atoms with Crippen LogP contribution in [0.25, 0.3) is 16.6 Å². The van der Waals surface area contributed by atoms with Crippen LogP contribution in [0.4, 0.5) is 13.2 Å². The first kappa shape index (κ1) is 35.0. The van der Waals surface area contributed by atoms with Gasteiger partial charge < -0.3 is 24.9 Å². The fourth-order valence-corrected chi connectivity index (χ4v) is 4.93. The molecule has 0 bridgehead atoms. The number of aliphatic carboxylic acids is 1. The van der Waals surface area contributed by atoms with Gasteiger partial charge in [-0.2, -0.15) is 13.2 Å². The van der Waals surface area contributed by atoms with Gasteiger partial charge in [0.1, 0.15) is 23.5 Å². The molecule has 2 aromatic carbocycles. The van der Waals surface area contributed by atoms with Crippen LogP contribution in [-0.4, -0.2) is 47.3 Å². The van der Waals surface area contributed by atoms with Gasteiger partial charge in [0.05, 0.1) is 19.2 Å². The third-order valence-corrected chi connectivity index (χ3v) is 7.27. The number of ketones is 1. The highest BCUT2D eigenvalue weighted by Gasteiger charge is 2.29. The maximum absolute atomic E-state index is 13.4. The smallest absolute Gasteiger partial charge is 0.430 e. The first-order chi connectivity index (χ1) is 21.4. The number of hydrogen-bond acceptors (Lipinski definition) is 6. The summed E-state index contributed by atoms with van der Waals surface area (Å²) in [5.74, 6) is -1.06. The number of quaternary nitrogens is 1. The molecular formula is C33H39F3N4O5. The summed E-state index contributed by atoms with van der Waals surface area (Å²) in [6.07, 6.45) is 1.71. The number of unbranched alkanes of at least 4 members (excludes halogenated alkanes) is 2. The predicted molar refractivity (Wildman–Crippen MR) is 163 cm³/mol. The number of alkyl halides is 3.